The minimum Gasteiger partial charge on any atom is -0.504 e. The summed E-state index contributed by atoms with van der Waals surface area (Å²) >= 11 is 0. The number of nitrogens with two attached hydrogens (primary N) is 1. The van der Waals surface area contributed by atoms with Gasteiger partial charge in [0, 0.05) is 19.2 Å². The van der Waals surface area contributed by atoms with Crippen LogP contribution < -0.4 is 20.1 Å². The molecule has 0 amide bonds. The summed E-state index contributed by atoms with van der Waals surface area (Å²) in [6.07, 6.45) is 0. The molecule has 22 heavy (non-hydrogen) atoms. The van der Waals surface area contributed by atoms with Crippen LogP contribution in [0.2, 0.25) is 0 Å². The maximum absolute atomic E-state index is 10.1. The number of phenolic OH excluding ortho intramolecular Hbond substituents is 1. The highest BCUT2D eigenvalue weighted by molar-refractivity contribution is 5.74. The first kappa shape index (κ1) is 14.5. The fourth-order valence-corrected chi connectivity index (χ4v) is 2.68. The summed E-state index contributed by atoms with van der Waals surface area (Å²) in [7, 11) is 3.58. The third kappa shape index (κ3) is 2.44. The second-order valence-electron chi connectivity index (χ2n) is 5.34. The highest BCUT2D eigenvalue weighted by Gasteiger charge is 2.17. The number of ether oxygens (including phenoxy) is 2. The first-order valence-corrected chi connectivity index (χ1v) is 7.22. The molecule has 5 nitrogen and oxygen atoms in total. The van der Waals surface area contributed by atoms with E-state index in [9.17, 15) is 5.11 Å². The molecule has 0 saturated heterocycles. The lowest BCUT2D eigenvalue weighted by Gasteiger charge is -2.28. The van der Waals surface area contributed by atoms with E-state index in [0.717, 1.165) is 29.1 Å². The topological polar surface area (TPSA) is 68.0 Å². The molecule has 5 heteroatoms. The highest BCUT2D eigenvalue weighted by Crippen LogP contribution is 2.39. The Morgan fingerprint density at radius 1 is 1.27 bits per heavy atom. The van der Waals surface area contributed by atoms with Crippen molar-refractivity contribution in [2.75, 3.05) is 32.2 Å². The van der Waals surface area contributed by atoms with Gasteiger partial charge in [-0.15, -0.1) is 0 Å². The minimum atomic E-state index is 0.0997. The monoisotopic (exact) mass is 300 g/mol. The average molecular weight is 300 g/mol. The Morgan fingerprint density at radius 3 is 2.82 bits per heavy atom. The number of hydrogen-bond donors (Lipinski definition) is 2. The summed E-state index contributed by atoms with van der Waals surface area (Å²) in [5, 5.41) is 10.1. The number of methoxy groups -OCH3 is 1. The van der Waals surface area contributed by atoms with Crippen molar-refractivity contribution in [3.05, 3.63) is 35.9 Å². The van der Waals surface area contributed by atoms with E-state index in [0.29, 0.717) is 17.9 Å². The molecule has 0 unspecified atom stereocenters. The van der Waals surface area contributed by atoms with Crippen LogP contribution in [0.15, 0.2) is 30.3 Å². The van der Waals surface area contributed by atoms with E-state index >= 15 is 0 Å². The zero-order valence-electron chi connectivity index (χ0n) is 12.8. The number of fused-ring (bicyclic) bond motifs is 1. The summed E-state index contributed by atoms with van der Waals surface area (Å²) in [5.74, 6) is 1.39. The first-order valence-electron chi connectivity index (χ1n) is 7.22. The third-order valence-corrected chi connectivity index (χ3v) is 3.98. The molecule has 3 rings (SSSR count). The van der Waals surface area contributed by atoms with E-state index in [2.05, 4.69) is 11.9 Å². The maximum Gasteiger partial charge on any atom is 0.162 e. The van der Waals surface area contributed by atoms with E-state index in [-0.39, 0.29) is 12.3 Å². The quantitative estimate of drug-likeness (QED) is 0.911. The van der Waals surface area contributed by atoms with Crippen LogP contribution in [0.25, 0.3) is 11.1 Å². The molecular formula is C17H20N2O3. The van der Waals surface area contributed by atoms with Crippen molar-refractivity contribution in [3.8, 4) is 28.4 Å². The molecular weight excluding hydrogens is 280 g/mol. The van der Waals surface area contributed by atoms with Crippen molar-refractivity contribution < 1.29 is 14.6 Å². The van der Waals surface area contributed by atoms with Crippen LogP contribution >= 0.6 is 0 Å². The molecule has 0 bridgehead atoms. The van der Waals surface area contributed by atoms with E-state index in [1.807, 2.05) is 30.3 Å². The Kier molecular flexibility index (Phi) is 3.81. The normalized spacial score (nSPS) is 13.5. The van der Waals surface area contributed by atoms with Crippen molar-refractivity contribution in [2.45, 2.75) is 6.54 Å². The Bertz CT molecular complexity index is 675. The van der Waals surface area contributed by atoms with Gasteiger partial charge in [-0.3, -0.25) is 0 Å². The van der Waals surface area contributed by atoms with Crippen molar-refractivity contribution in [1.29, 1.82) is 0 Å². The number of rotatable bonds is 3. The fraction of sp³-hybridized carbons (Fsp3) is 0.294. The molecule has 0 aliphatic carbocycles. The molecule has 2 aromatic rings. The second-order valence-corrected chi connectivity index (χ2v) is 5.34. The maximum atomic E-state index is 10.1. The van der Waals surface area contributed by atoms with Gasteiger partial charge in [0.05, 0.1) is 19.3 Å². The Hall–Kier alpha value is -2.40. The fourth-order valence-electron chi connectivity index (χ4n) is 2.68. The molecule has 0 fully saturated rings. The molecule has 1 heterocycles. The van der Waals surface area contributed by atoms with Gasteiger partial charge in [0.15, 0.2) is 11.5 Å². The van der Waals surface area contributed by atoms with Gasteiger partial charge in [0.1, 0.15) is 12.4 Å². The van der Waals surface area contributed by atoms with E-state index in [4.69, 9.17) is 15.2 Å². The van der Waals surface area contributed by atoms with Gasteiger partial charge >= 0.3 is 0 Å². The van der Waals surface area contributed by atoms with Gasteiger partial charge in [-0.25, -0.2) is 0 Å². The Labute approximate surface area is 129 Å². The van der Waals surface area contributed by atoms with Gasteiger partial charge in [0.2, 0.25) is 0 Å². The largest absolute Gasteiger partial charge is 0.504 e. The van der Waals surface area contributed by atoms with E-state index < -0.39 is 0 Å². The number of hydrogen-bond acceptors (Lipinski definition) is 5. The molecule has 116 valence electrons. The van der Waals surface area contributed by atoms with Crippen LogP contribution in [-0.2, 0) is 6.54 Å². The zero-order chi connectivity index (χ0) is 15.7. The molecule has 0 aromatic heterocycles. The molecule has 0 saturated carbocycles. The molecule has 1 aliphatic heterocycles. The standard InChI is InChI=1S/C17H20N2O3/c1-19-5-6-22-15-8-11(3-4-14(15)19)12-7-13(10-18)17(20)16(9-12)21-2/h3-4,7-9,20H,5-6,10,18H2,1-2H3. The SMILES string of the molecule is COc1cc(-c2ccc3c(c2)OCCN3C)cc(CN)c1O. The van der Waals surface area contributed by atoms with Crippen molar-refractivity contribution in [3.63, 3.8) is 0 Å². The summed E-state index contributed by atoms with van der Waals surface area (Å²) in [5.41, 5.74) is 9.39. The highest BCUT2D eigenvalue weighted by atomic mass is 16.5. The lowest BCUT2D eigenvalue weighted by Crippen LogP contribution is -2.28. The van der Waals surface area contributed by atoms with Crippen molar-refractivity contribution >= 4 is 5.69 Å². The summed E-state index contributed by atoms with van der Waals surface area (Å²) < 4.78 is 11.0. The second kappa shape index (κ2) is 5.77. The molecule has 0 spiro atoms. The van der Waals surface area contributed by atoms with Gasteiger partial charge in [0.25, 0.3) is 0 Å². The van der Waals surface area contributed by atoms with E-state index in [1.54, 1.807) is 0 Å². The number of nitrogens with zero attached hydrogens (tertiary/aromatic N) is 1. The number of benzene rings is 2. The van der Waals surface area contributed by atoms with Gasteiger partial charge in [-0.2, -0.15) is 0 Å². The molecule has 2 aromatic carbocycles. The summed E-state index contributed by atoms with van der Waals surface area (Å²) in [4.78, 5) is 2.17. The third-order valence-electron chi connectivity index (χ3n) is 3.98. The smallest absolute Gasteiger partial charge is 0.162 e. The average Bonchev–Trinajstić information content (AvgIpc) is 2.55. The predicted octanol–water partition coefficient (Wildman–Crippen LogP) is 2.36. The molecule has 0 atom stereocenters. The first-order chi connectivity index (χ1) is 10.6. The summed E-state index contributed by atoms with van der Waals surface area (Å²) in [6, 6.07) is 9.79. The molecule has 0 radical (unpaired) electrons. The van der Waals surface area contributed by atoms with Crippen LogP contribution in [-0.4, -0.2) is 32.4 Å². The van der Waals surface area contributed by atoms with Gasteiger partial charge in [-0.05, 0) is 35.4 Å². The Balaban J connectivity index is 2.08. The van der Waals surface area contributed by atoms with Crippen LogP contribution in [0, 0.1) is 0 Å². The van der Waals surface area contributed by atoms with Crippen LogP contribution in [0.5, 0.6) is 17.2 Å². The minimum absolute atomic E-state index is 0.0997. The number of anilines is 1. The van der Waals surface area contributed by atoms with Gasteiger partial charge in [-0.1, -0.05) is 6.07 Å². The van der Waals surface area contributed by atoms with Crippen molar-refractivity contribution in [1.82, 2.24) is 0 Å². The number of aromatic hydroxyl groups is 1. The number of phenols is 1. The molecule has 3 N–H and O–H groups in total. The number of likely N-dealkylation sites (N-methyl/N-ethyl adjacent to an activating group) is 1. The lowest BCUT2D eigenvalue weighted by molar-refractivity contribution is 0.311. The molecule has 1 aliphatic rings. The van der Waals surface area contributed by atoms with Crippen LogP contribution in [0.1, 0.15) is 5.56 Å². The van der Waals surface area contributed by atoms with Gasteiger partial charge < -0.3 is 25.2 Å². The van der Waals surface area contributed by atoms with E-state index in [1.165, 1.54) is 7.11 Å². The van der Waals surface area contributed by atoms with Crippen LogP contribution in [0.4, 0.5) is 5.69 Å². The van der Waals surface area contributed by atoms with Crippen molar-refractivity contribution in [2.24, 2.45) is 5.73 Å². The zero-order valence-corrected chi connectivity index (χ0v) is 12.8. The summed E-state index contributed by atoms with van der Waals surface area (Å²) in [6.45, 7) is 1.82. The van der Waals surface area contributed by atoms with Crippen LogP contribution in [0.3, 0.4) is 0 Å². The predicted molar refractivity (Wildman–Crippen MR) is 86.8 cm³/mol. The lowest BCUT2D eigenvalue weighted by atomic mass is 10.0. The Morgan fingerprint density at radius 2 is 2.09 bits per heavy atom.